The van der Waals surface area contributed by atoms with Crippen LogP contribution in [0.4, 0.5) is 4.79 Å². The lowest BCUT2D eigenvalue weighted by Gasteiger charge is -2.17. The van der Waals surface area contributed by atoms with Gasteiger partial charge in [-0.1, -0.05) is 6.42 Å². The molecule has 0 saturated carbocycles. The summed E-state index contributed by atoms with van der Waals surface area (Å²) in [6.07, 6.45) is 5.56. The van der Waals surface area contributed by atoms with Crippen molar-refractivity contribution in [1.82, 2.24) is 16.0 Å². The lowest BCUT2D eigenvalue weighted by atomic mass is 10.0. The maximum absolute atomic E-state index is 12.1. The number of hydrogen-bond donors (Lipinski definition) is 4. The zero-order valence-electron chi connectivity index (χ0n) is 14.9. The molecule has 0 aromatic heterocycles. The van der Waals surface area contributed by atoms with E-state index in [0.717, 1.165) is 37.9 Å². The van der Waals surface area contributed by atoms with Crippen molar-refractivity contribution in [1.29, 1.82) is 0 Å². The number of amides is 3. The minimum atomic E-state index is -0.384. The van der Waals surface area contributed by atoms with Crippen molar-refractivity contribution in [2.75, 3.05) is 12.3 Å². The maximum Gasteiger partial charge on any atom is 0.315 e. The monoisotopic (exact) mass is 370 g/mol. The number of unbranched alkanes of at least 4 members (excludes halogenated alkanes) is 2. The van der Waals surface area contributed by atoms with Gasteiger partial charge in [-0.3, -0.25) is 9.59 Å². The van der Waals surface area contributed by atoms with Crippen LogP contribution in [0.15, 0.2) is 0 Å². The molecule has 2 aliphatic heterocycles. The lowest BCUT2D eigenvalue weighted by Crippen LogP contribution is -2.39. The molecule has 0 bridgehead atoms. The molecule has 2 rings (SSSR count). The average Bonchev–Trinajstić information content (AvgIpc) is 3.10. The first-order valence-corrected chi connectivity index (χ1v) is 10.2. The Hall–Kier alpha value is -1.28. The van der Waals surface area contributed by atoms with Crippen molar-refractivity contribution in [3.05, 3.63) is 0 Å². The average molecular weight is 371 g/mol. The molecule has 142 valence electrons. The summed E-state index contributed by atoms with van der Waals surface area (Å²) in [6, 6.07) is 0.0150. The summed E-state index contributed by atoms with van der Waals surface area (Å²) in [5.41, 5.74) is 5.46. The molecule has 5 N–H and O–H groups in total. The van der Waals surface area contributed by atoms with Crippen LogP contribution in [-0.2, 0) is 9.59 Å². The van der Waals surface area contributed by atoms with Crippen LogP contribution < -0.4 is 21.7 Å². The van der Waals surface area contributed by atoms with Gasteiger partial charge in [0.15, 0.2) is 5.78 Å². The molecule has 2 saturated heterocycles. The number of carbonyl (C=O) groups excluding carboxylic acids is 3. The van der Waals surface area contributed by atoms with E-state index >= 15 is 0 Å². The van der Waals surface area contributed by atoms with Gasteiger partial charge in [-0.2, -0.15) is 11.8 Å². The summed E-state index contributed by atoms with van der Waals surface area (Å²) in [5.74, 6) is 0.904. The molecule has 8 heteroatoms. The second-order valence-electron chi connectivity index (χ2n) is 6.88. The number of fused-ring (bicyclic) bond motifs is 1. The SMILES string of the molecule is CC(=O)C(CCCCN)NC(=O)CCCC[C@@H]1SC[C@@H]2NC(=O)N[C@@H]21. The van der Waals surface area contributed by atoms with Gasteiger partial charge >= 0.3 is 6.03 Å². The summed E-state index contributed by atoms with van der Waals surface area (Å²) in [4.78, 5) is 35.0. The van der Waals surface area contributed by atoms with Crippen molar-refractivity contribution < 1.29 is 14.4 Å². The van der Waals surface area contributed by atoms with Gasteiger partial charge in [0.1, 0.15) is 0 Å². The van der Waals surface area contributed by atoms with E-state index in [1.165, 1.54) is 6.92 Å². The van der Waals surface area contributed by atoms with Crippen LogP contribution in [-0.4, -0.2) is 53.4 Å². The zero-order valence-corrected chi connectivity index (χ0v) is 15.7. The number of rotatable bonds is 11. The molecule has 0 aromatic rings. The molecule has 2 aliphatic rings. The molecule has 0 radical (unpaired) electrons. The van der Waals surface area contributed by atoms with Gasteiger partial charge in [0.2, 0.25) is 5.91 Å². The van der Waals surface area contributed by atoms with Gasteiger partial charge < -0.3 is 21.7 Å². The number of Topliss-reactive ketones (excluding diaryl/α,β-unsaturated/α-hetero) is 1. The van der Waals surface area contributed by atoms with Gasteiger partial charge in [0.25, 0.3) is 0 Å². The van der Waals surface area contributed by atoms with Crippen molar-refractivity contribution in [3.63, 3.8) is 0 Å². The molecule has 0 aromatic carbocycles. The fourth-order valence-corrected chi connectivity index (χ4v) is 4.95. The third-order valence-corrected chi connectivity index (χ3v) is 6.36. The van der Waals surface area contributed by atoms with Gasteiger partial charge in [0.05, 0.1) is 18.1 Å². The number of hydrogen-bond acceptors (Lipinski definition) is 5. The molecule has 7 nitrogen and oxygen atoms in total. The van der Waals surface area contributed by atoms with Crippen LogP contribution in [0.2, 0.25) is 0 Å². The number of ketones is 1. The normalized spacial score (nSPS) is 25.8. The molecule has 0 aliphatic carbocycles. The zero-order chi connectivity index (χ0) is 18.2. The Labute approximate surface area is 153 Å². The molecule has 3 amide bonds. The van der Waals surface area contributed by atoms with E-state index < -0.39 is 0 Å². The van der Waals surface area contributed by atoms with Crippen LogP contribution in [0, 0.1) is 0 Å². The highest BCUT2D eigenvalue weighted by Crippen LogP contribution is 2.33. The minimum Gasteiger partial charge on any atom is -0.346 e. The van der Waals surface area contributed by atoms with Gasteiger partial charge in [-0.05, 0) is 45.6 Å². The number of urea groups is 1. The predicted octanol–water partition coefficient (Wildman–Crippen LogP) is 0.915. The Morgan fingerprint density at radius 3 is 2.80 bits per heavy atom. The molecular formula is C17H30N4O3S. The largest absolute Gasteiger partial charge is 0.346 e. The summed E-state index contributed by atoms with van der Waals surface area (Å²) in [6.45, 7) is 2.13. The quantitative estimate of drug-likeness (QED) is 0.319. The number of carbonyl (C=O) groups is 3. The number of thioether (sulfide) groups is 1. The van der Waals surface area contributed by atoms with Gasteiger partial charge in [-0.15, -0.1) is 0 Å². The first kappa shape index (κ1) is 20.0. The molecule has 4 atom stereocenters. The fourth-order valence-electron chi connectivity index (χ4n) is 3.41. The van der Waals surface area contributed by atoms with E-state index in [1.807, 2.05) is 11.8 Å². The van der Waals surface area contributed by atoms with Gasteiger partial charge in [-0.25, -0.2) is 4.79 Å². The van der Waals surface area contributed by atoms with Crippen molar-refractivity contribution in [2.45, 2.75) is 75.2 Å². The van der Waals surface area contributed by atoms with Crippen LogP contribution >= 0.6 is 11.8 Å². The van der Waals surface area contributed by atoms with Crippen molar-refractivity contribution >= 4 is 29.5 Å². The van der Waals surface area contributed by atoms with Crippen LogP contribution in [0.25, 0.3) is 0 Å². The fraction of sp³-hybridized carbons (Fsp3) is 0.824. The molecule has 25 heavy (non-hydrogen) atoms. The smallest absolute Gasteiger partial charge is 0.315 e. The standard InChI is InChI=1S/C17H30N4O3S/c1-11(22)12(6-4-5-9-18)19-15(23)8-3-2-7-14-16-13(10-25-14)20-17(24)21-16/h12-14,16H,2-10,18H2,1H3,(H,19,23)(H2,20,21,24)/t12?,13-,14-,16-/m0/s1. The van der Waals surface area contributed by atoms with E-state index in [1.54, 1.807) is 0 Å². The van der Waals surface area contributed by atoms with E-state index in [4.69, 9.17) is 5.73 Å². The highest BCUT2D eigenvalue weighted by molar-refractivity contribution is 8.00. The summed E-state index contributed by atoms with van der Waals surface area (Å²) < 4.78 is 0. The molecule has 2 heterocycles. The minimum absolute atomic E-state index is 0.00300. The first-order valence-electron chi connectivity index (χ1n) is 9.19. The van der Waals surface area contributed by atoms with Crippen molar-refractivity contribution in [2.24, 2.45) is 5.73 Å². The Morgan fingerprint density at radius 1 is 1.28 bits per heavy atom. The highest BCUT2D eigenvalue weighted by Gasteiger charge is 2.42. The number of nitrogens with one attached hydrogen (secondary N) is 3. The van der Waals surface area contributed by atoms with E-state index in [2.05, 4.69) is 16.0 Å². The van der Waals surface area contributed by atoms with E-state index in [0.29, 0.717) is 24.6 Å². The molecule has 2 fully saturated rings. The molecule has 0 spiro atoms. The van der Waals surface area contributed by atoms with Gasteiger partial charge in [0, 0.05) is 17.4 Å². The van der Waals surface area contributed by atoms with Crippen molar-refractivity contribution in [3.8, 4) is 0 Å². The van der Waals surface area contributed by atoms with E-state index in [9.17, 15) is 14.4 Å². The van der Waals surface area contributed by atoms with Crippen LogP contribution in [0.5, 0.6) is 0 Å². The maximum atomic E-state index is 12.1. The highest BCUT2D eigenvalue weighted by atomic mass is 32.2. The van der Waals surface area contributed by atoms with E-state index in [-0.39, 0.29) is 35.8 Å². The first-order chi connectivity index (χ1) is 12.0. The lowest BCUT2D eigenvalue weighted by molar-refractivity contribution is -0.127. The van der Waals surface area contributed by atoms with Crippen LogP contribution in [0.1, 0.15) is 51.9 Å². The van der Waals surface area contributed by atoms with Crippen LogP contribution in [0.3, 0.4) is 0 Å². The third-order valence-electron chi connectivity index (χ3n) is 4.85. The summed E-state index contributed by atoms with van der Waals surface area (Å²) >= 11 is 1.89. The number of nitrogens with two attached hydrogens (primary N) is 1. The Morgan fingerprint density at radius 2 is 2.08 bits per heavy atom. The second-order valence-corrected chi connectivity index (χ2v) is 8.16. The Balaban J connectivity index is 1.61. The second kappa shape index (κ2) is 10.0. The Bertz CT molecular complexity index is 489. The molecule has 1 unspecified atom stereocenters. The summed E-state index contributed by atoms with van der Waals surface area (Å²) in [5, 5.41) is 9.18. The third kappa shape index (κ3) is 6.18. The molecular weight excluding hydrogens is 340 g/mol. The Kier molecular flexibility index (Phi) is 8.02. The predicted molar refractivity (Wildman–Crippen MR) is 99.5 cm³/mol. The topological polar surface area (TPSA) is 113 Å². The summed E-state index contributed by atoms with van der Waals surface area (Å²) in [7, 11) is 0.